The largest absolute Gasteiger partial charge is 0.437 e. The Morgan fingerprint density at radius 2 is 2.06 bits per heavy atom. The first-order chi connectivity index (χ1) is 8.19. The van der Waals surface area contributed by atoms with Crippen LogP contribution in [0.25, 0.3) is 0 Å². The summed E-state index contributed by atoms with van der Waals surface area (Å²) in [5.41, 5.74) is 1.87. The number of nitrogens with zero attached hydrogens (tertiary/aromatic N) is 3. The van der Waals surface area contributed by atoms with E-state index in [0.717, 1.165) is 17.8 Å². The van der Waals surface area contributed by atoms with Crippen molar-refractivity contribution >= 4 is 11.6 Å². The molecular weight excluding hydrogens is 238 g/mol. The molecule has 88 valence electrons. The molecule has 2 aromatic rings. The number of pyridine rings is 1. The van der Waals surface area contributed by atoms with Crippen LogP contribution in [0.4, 0.5) is 0 Å². The summed E-state index contributed by atoms with van der Waals surface area (Å²) in [6.07, 6.45) is 2.35. The van der Waals surface area contributed by atoms with Crippen molar-refractivity contribution in [2.24, 2.45) is 0 Å². The van der Waals surface area contributed by atoms with Gasteiger partial charge in [-0.3, -0.25) is 4.98 Å². The SMILES string of the molecule is CCc1nc(C)ccc1Oc1ccnc(Cl)n1. The number of aryl methyl sites for hydroxylation is 2. The van der Waals surface area contributed by atoms with Crippen molar-refractivity contribution in [3.8, 4) is 11.6 Å². The van der Waals surface area contributed by atoms with E-state index < -0.39 is 0 Å². The molecule has 5 heteroatoms. The van der Waals surface area contributed by atoms with E-state index >= 15 is 0 Å². The van der Waals surface area contributed by atoms with Gasteiger partial charge in [-0.25, -0.2) is 4.98 Å². The molecule has 0 saturated carbocycles. The Bertz CT molecular complexity index is 531. The molecule has 0 spiro atoms. The fourth-order valence-corrected chi connectivity index (χ4v) is 1.57. The van der Waals surface area contributed by atoms with E-state index in [1.807, 2.05) is 26.0 Å². The average Bonchev–Trinajstić information content (AvgIpc) is 2.31. The van der Waals surface area contributed by atoms with Crippen molar-refractivity contribution in [1.29, 1.82) is 0 Å². The standard InChI is InChI=1S/C12H12ClN3O/c1-3-9-10(5-4-8(2)15-9)17-11-6-7-14-12(13)16-11/h4-7H,3H2,1-2H3. The molecule has 0 fully saturated rings. The van der Waals surface area contributed by atoms with Gasteiger partial charge < -0.3 is 4.74 Å². The van der Waals surface area contributed by atoms with Crippen molar-refractivity contribution < 1.29 is 4.74 Å². The Hall–Kier alpha value is -1.68. The van der Waals surface area contributed by atoms with Crippen LogP contribution in [0.15, 0.2) is 24.4 Å². The minimum Gasteiger partial charge on any atom is -0.437 e. The fourth-order valence-electron chi connectivity index (χ4n) is 1.43. The first-order valence-electron chi connectivity index (χ1n) is 5.32. The lowest BCUT2D eigenvalue weighted by Crippen LogP contribution is -1.97. The molecule has 0 aliphatic carbocycles. The Labute approximate surface area is 105 Å². The van der Waals surface area contributed by atoms with Crippen LogP contribution < -0.4 is 4.74 Å². The van der Waals surface area contributed by atoms with E-state index in [2.05, 4.69) is 15.0 Å². The van der Waals surface area contributed by atoms with Gasteiger partial charge in [-0.2, -0.15) is 4.98 Å². The normalized spacial score (nSPS) is 10.3. The van der Waals surface area contributed by atoms with Crippen molar-refractivity contribution in [2.45, 2.75) is 20.3 Å². The maximum Gasteiger partial charge on any atom is 0.225 e. The predicted molar refractivity (Wildman–Crippen MR) is 65.5 cm³/mol. The van der Waals surface area contributed by atoms with Gasteiger partial charge in [0.2, 0.25) is 11.2 Å². The third-order valence-electron chi connectivity index (χ3n) is 2.22. The number of hydrogen-bond donors (Lipinski definition) is 0. The summed E-state index contributed by atoms with van der Waals surface area (Å²) in [6, 6.07) is 5.44. The molecule has 0 aliphatic heterocycles. The number of rotatable bonds is 3. The fraction of sp³-hybridized carbons (Fsp3) is 0.250. The first kappa shape index (κ1) is 11.8. The molecule has 0 saturated heterocycles. The lowest BCUT2D eigenvalue weighted by Gasteiger charge is -2.08. The van der Waals surface area contributed by atoms with Crippen LogP contribution in [0.5, 0.6) is 11.6 Å². The van der Waals surface area contributed by atoms with Crippen LogP contribution in [-0.2, 0) is 6.42 Å². The molecule has 2 aromatic heterocycles. The maximum absolute atomic E-state index is 5.69. The molecule has 0 N–H and O–H groups in total. The highest BCUT2D eigenvalue weighted by molar-refractivity contribution is 6.28. The van der Waals surface area contributed by atoms with Gasteiger partial charge in [0.15, 0.2) is 5.75 Å². The minimum absolute atomic E-state index is 0.167. The van der Waals surface area contributed by atoms with Gasteiger partial charge >= 0.3 is 0 Å². The highest BCUT2D eigenvalue weighted by Crippen LogP contribution is 2.23. The van der Waals surface area contributed by atoms with Crippen LogP contribution in [0.3, 0.4) is 0 Å². The Kier molecular flexibility index (Phi) is 3.54. The molecular formula is C12H12ClN3O. The molecule has 0 aromatic carbocycles. The predicted octanol–water partition coefficient (Wildman–Crippen LogP) is 3.19. The van der Waals surface area contributed by atoms with E-state index in [1.54, 1.807) is 12.3 Å². The summed E-state index contributed by atoms with van der Waals surface area (Å²) >= 11 is 5.69. The molecule has 0 radical (unpaired) electrons. The van der Waals surface area contributed by atoms with Crippen molar-refractivity contribution in [1.82, 2.24) is 15.0 Å². The van der Waals surface area contributed by atoms with Crippen LogP contribution in [0.2, 0.25) is 5.28 Å². The number of hydrogen-bond acceptors (Lipinski definition) is 4. The number of halogens is 1. The van der Waals surface area contributed by atoms with Gasteiger partial charge in [-0.1, -0.05) is 6.92 Å². The lowest BCUT2D eigenvalue weighted by atomic mass is 10.2. The summed E-state index contributed by atoms with van der Waals surface area (Å²) in [5, 5.41) is 0.167. The van der Waals surface area contributed by atoms with E-state index in [9.17, 15) is 0 Å². The third kappa shape index (κ3) is 2.91. The molecule has 0 amide bonds. The lowest BCUT2D eigenvalue weighted by molar-refractivity contribution is 0.453. The van der Waals surface area contributed by atoms with Crippen LogP contribution in [0.1, 0.15) is 18.3 Å². The Morgan fingerprint density at radius 1 is 1.24 bits per heavy atom. The van der Waals surface area contributed by atoms with Gasteiger partial charge in [0, 0.05) is 18.0 Å². The van der Waals surface area contributed by atoms with E-state index in [4.69, 9.17) is 16.3 Å². The van der Waals surface area contributed by atoms with E-state index in [0.29, 0.717) is 11.6 Å². The van der Waals surface area contributed by atoms with Crippen LogP contribution in [0, 0.1) is 6.92 Å². The van der Waals surface area contributed by atoms with Gasteiger partial charge in [-0.15, -0.1) is 0 Å². The average molecular weight is 250 g/mol. The van der Waals surface area contributed by atoms with Crippen molar-refractivity contribution in [2.75, 3.05) is 0 Å². The molecule has 0 bridgehead atoms. The minimum atomic E-state index is 0.167. The smallest absolute Gasteiger partial charge is 0.225 e. The summed E-state index contributed by atoms with van der Waals surface area (Å²) in [7, 11) is 0. The highest BCUT2D eigenvalue weighted by atomic mass is 35.5. The molecule has 0 atom stereocenters. The summed E-state index contributed by atoms with van der Waals surface area (Å²) in [4.78, 5) is 12.2. The molecule has 4 nitrogen and oxygen atoms in total. The summed E-state index contributed by atoms with van der Waals surface area (Å²) in [6.45, 7) is 3.98. The number of aromatic nitrogens is 3. The summed E-state index contributed by atoms with van der Waals surface area (Å²) in [5.74, 6) is 1.12. The topological polar surface area (TPSA) is 47.9 Å². The Morgan fingerprint density at radius 3 is 2.76 bits per heavy atom. The monoisotopic (exact) mass is 249 g/mol. The zero-order valence-electron chi connectivity index (χ0n) is 9.64. The van der Waals surface area contributed by atoms with Crippen LogP contribution >= 0.6 is 11.6 Å². The van der Waals surface area contributed by atoms with Gasteiger partial charge in [-0.05, 0) is 37.1 Å². The van der Waals surface area contributed by atoms with Gasteiger partial charge in [0.25, 0.3) is 0 Å². The third-order valence-corrected chi connectivity index (χ3v) is 2.40. The van der Waals surface area contributed by atoms with E-state index in [-0.39, 0.29) is 5.28 Å². The molecule has 0 unspecified atom stereocenters. The quantitative estimate of drug-likeness (QED) is 0.784. The molecule has 2 rings (SSSR count). The maximum atomic E-state index is 5.69. The van der Waals surface area contributed by atoms with Crippen molar-refractivity contribution in [3.63, 3.8) is 0 Å². The Balaban J connectivity index is 2.29. The molecule has 17 heavy (non-hydrogen) atoms. The van der Waals surface area contributed by atoms with Crippen molar-refractivity contribution in [3.05, 3.63) is 41.1 Å². The second kappa shape index (κ2) is 5.10. The second-order valence-corrected chi connectivity index (χ2v) is 3.86. The number of ether oxygens (including phenoxy) is 1. The second-order valence-electron chi connectivity index (χ2n) is 3.52. The van der Waals surface area contributed by atoms with Crippen LogP contribution in [-0.4, -0.2) is 15.0 Å². The van der Waals surface area contributed by atoms with E-state index in [1.165, 1.54) is 0 Å². The first-order valence-corrected chi connectivity index (χ1v) is 5.69. The highest BCUT2D eigenvalue weighted by Gasteiger charge is 2.06. The molecule has 0 aliphatic rings. The van der Waals surface area contributed by atoms with Gasteiger partial charge in [0.05, 0.1) is 5.69 Å². The zero-order chi connectivity index (χ0) is 12.3. The summed E-state index contributed by atoms with van der Waals surface area (Å²) < 4.78 is 5.64. The van der Waals surface area contributed by atoms with Gasteiger partial charge in [0.1, 0.15) is 0 Å². The zero-order valence-corrected chi connectivity index (χ0v) is 10.4. The molecule has 2 heterocycles.